The quantitative estimate of drug-likeness (QED) is 0.243. The Hall–Kier alpha value is -4.49. The summed E-state index contributed by atoms with van der Waals surface area (Å²) >= 11 is 5.79. The highest BCUT2D eigenvalue weighted by Crippen LogP contribution is 2.40. The molecule has 5 aromatic rings. The molecule has 43 heavy (non-hydrogen) atoms. The molecule has 0 aliphatic carbocycles. The fourth-order valence-electron chi connectivity index (χ4n) is 4.95. The number of aromatic amines is 1. The minimum absolute atomic E-state index is 0.0206. The minimum Gasteiger partial charge on any atom is -0.473 e. The van der Waals surface area contributed by atoms with Crippen molar-refractivity contribution < 1.29 is 27.1 Å². The molecule has 0 amide bonds. The van der Waals surface area contributed by atoms with Crippen molar-refractivity contribution in [2.45, 2.75) is 32.9 Å². The monoisotopic (exact) mass is 612 g/mol. The van der Waals surface area contributed by atoms with Crippen molar-refractivity contribution >= 4 is 11.6 Å². The van der Waals surface area contributed by atoms with Crippen LogP contribution in [0.1, 0.15) is 36.8 Å². The first-order valence-electron chi connectivity index (χ1n) is 13.2. The normalized spacial score (nSPS) is 16.1. The lowest BCUT2D eigenvalue weighted by atomic mass is 9.87. The van der Waals surface area contributed by atoms with Crippen LogP contribution in [-0.4, -0.2) is 43.2 Å². The lowest BCUT2D eigenvalue weighted by Gasteiger charge is -2.27. The number of hydrogen-bond acceptors (Lipinski definition) is 8. The second kappa shape index (κ2) is 11.3. The van der Waals surface area contributed by atoms with Crippen LogP contribution in [0, 0.1) is 22.9 Å². The Kier molecular flexibility index (Phi) is 7.52. The Morgan fingerprint density at radius 1 is 1.07 bits per heavy atom. The topological polar surface area (TPSA) is 121 Å². The van der Waals surface area contributed by atoms with Gasteiger partial charge in [0.25, 0.3) is 5.89 Å². The largest absolute Gasteiger partial charge is 0.473 e. The van der Waals surface area contributed by atoms with Crippen molar-refractivity contribution in [3.05, 3.63) is 98.5 Å². The smallest absolute Gasteiger partial charge is 0.434 e. The first-order valence-corrected chi connectivity index (χ1v) is 13.6. The van der Waals surface area contributed by atoms with Gasteiger partial charge >= 0.3 is 5.76 Å². The Morgan fingerprint density at radius 3 is 2.60 bits per heavy atom. The predicted octanol–water partition coefficient (Wildman–Crippen LogP) is 5.52. The second-order valence-corrected chi connectivity index (χ2v) is 11.2. The summed E-state index contributed by atoms with van der Waals surface area (Å²) in [5.74, 6) is -2.24. The number of nitrogens with one attached hydrogen (secondary N) is 1. The number of hydrogen-bond donors (Lipinski definition) is 1. The lowest BCUT2D eigenvalue weighted by molar-refractivity contribution is 0.166. The van der Waals surface area contributed by atoms with Crippen LogP contribution in [0.25, 0.3) is 23.0 Å². The van der Waals surface area contributed by atoms with E-state index in [1.807, 2.05) is 13.8 Å². The van der Waals surface area contributed by atoms with Gasteiger partial charge in [-0.15, -0.1) is 15.3 Å². The molecule has 1 fully saturated rings. The van der Waals surface area contributed by atoms with Crippen LogP contribution in [0.5, 0.6) is 5.88 Å². The molecule has 222 valence electrons. The molecule has 0 spiro atoms. The van der Waals surface area contributed by atoms with Crippen molar-refractivity contribution in [1.82, 2.24) is 29.9 Å². The zero-order valence-electron chi connectivity index (χ0n) is 22.9. The van der Waals surface area contributed by atoms with Crippen LogP contribution in [0.4, 0.5) is 13.2 Å². The van der Waals surface area contributed by atoms with Crippen LogP contribution < -0.4 is 10.5 Å². The molecular formula is C29H24ClF3N6O4. The second-order valence-electron chi connectivity index (χ2n) is 10.7. The summed E-state index contributed by atoms with van der Waals surface area (Å²) < 4.78 is 63.2. The summed E-state index contributed by atoms with van der Waals surface area (Å²) in [4.78, 5) is 15.9. The van der Waals surface area contributed by atoms with E-state index < -0.39 is 23.2 Å². The molecule has 1 saturated heterocycles. The molecule has 2 aromatic carbocycles. The third kappa shape index (κ3) is 5.77. The average Bonchev–Trinajstić information content (AvgIpc) is 3.67. The highest BCUT2D eigenvalue weighted by atomic mass is 35.5. The maximum Gasteiger partial charge on any atom is 0.434 e. The zero-order chi connectivity index (χ0) is 30.3. The number of nitrogens with zero attached hydrogens (tertiary/aromatic N) is 5. The highest BCUT2D eigenvalue weighted by molar-refractivity contribution is 6.30. The van der Waals surface area contributed by atoms with Crippen molar-refractivity contribution in [1.29, 1.82) is 0 Å². The Labute approximate surface area is 247 Å². The zero-order valence-corrected chi connectivity index (χ0v) is 23.7. The van der Waals surface area contributed by atoms with E-state index in [0.29, 0.717) is 19.0 Å². The van der Waals surface area contributed by atoms with Gasteiger partial charge in [-0.25, -0.2) is 28.0 Å². The standard InChI is InChI=1S/C29H24ClF3N6O4/c1-29(2)14-41-13-23(29)39-24(35-36-26(39)27-37-38-28(40)43-27)9-16-8-21(33)18(11-20(16)32)22-4-3-5-25(34-22)42-12-15-6-7-17(30)10-19(15)31/h3-8,10-11,23H,9,12-14H2,1-2H3,(H,38,40). The molecule has 4 heterocycles. The van der Waals surface area contributed by atoms with Gasteiger partial charge in [0.1, 0.15) is 29.9 Å². The van der Waals surface area contributed by atoms with Crippen LogP contribution in [0.2, 0.25) is 5.02 Å². The van der Waals surface area contributed by atoms with E-state index in [-0.39, 0.29) is 69.5 Å². The molecule has 1 aliphatic heterocycles. The molecule has 10 nitrogen and oxygen atoms in total. The van der Waals surface area contributed by atoms with E-state index in [0.717, 1.165) is 12.1 Å². The maximum atomic E-state index is 15.5. The van der Waals surface area contributed by atoms with E-state index in [1.165, 1.54) is 30.3 Å². The molecule has 3 aromatic heterocycles. The molecule has 0 bridgehead atoms. The summed E-state index contributed by atoms with van der Waals surface area (Å²) in [5.41, 5.74) is -0.0479. The van der Waals surface area contributed by atoms with Crippen LogP contribution in [0.15, 0.2) is 57.7 Å². The molecular weight excluding hydrogens is 589 g/mol. The van der Waals surface area contributed by atoms with Gasteiger partial charge in [-0.2, -0.15) is 0 Å². The predicted molar refractivity (Wildman–Crippen MR) is 148 cm³/mol. The number of aromatic nitrogens is 6. The van der Waals surface area contributed by atoms with Crippen molar-refractivity contribution in [2.75, 3.05) is 13.2 Å². The van der Waals surface area contributed by atoms with E-state index in [1.54, 1.807) is 10.6 Å². The van der Waals surface area contributed by atoms with Gasteiger partial charge in [-0.05, 0) is 35.9 Å². The number of H-pyrrole nitrogens is 1. The maximum absolute atomic E-state index is 15.5. The van der Waals surface area contributed by atoms with Crippen LogP contribution in [0.3, 0.4) is 0 Å². The molecule has 1 atom stereocenters. The van der Waals surface area contributed by atoms with Gasteiger partial charge in [0.15, 0.2) is 0 Å². The van der Waals surface area contributed by atoms with Gasteiger partial charge in [-0.3, -0.25) is 0 Å². The minimum atomic E-state index is -0.767. The fraction of sp³-hybridized carbons (Fsp3) is 0.276. The third-order valence-corrected chi connectivity index (χ3v) is 7.47. The van der Waals surface area contributed by atoms with Gasteiger partial charge in [-0.1, -0.05) is 37.6 Å². The van der Waals surface area contributed by atoms with Gasteiger partial charge in [0.2, 0.25) is 11.7 Å². The number of benzene rings is 2. The molecule has 14 heteroatoms. The van der Waals surface area contributed by atoms with E-state index in [2.05, 4.69) is 25.4 Å². The number of pyridine rings is 1. The summed E-state index contributed by atoms with van der Waals surface area (Å²) in [6.07, 6.45) is -0.125. The van der Waals surface area contributed by atoms with Crippen molar-refractivity contribution in [2.24, 2.45) is 5.41 Å². The van der Waals surface area contributed by atoms with Gasteiger partial charge in [0.05, 0.1) is 24.9 Å². The van der Waals surface area contributed by atoms with Crippen LogP contribution in [-0.2, 0) is 17.8 Å². The van der Waals surface area contributed by atoms with E-state index >= 15 is 8.78 Å². The third-order valence-electron chi connectivity index (χ3n) is 7.23. The lowest BCUT2D eigenvalue weighted by Crippen LogP contribution is -2.27. The van der Waals surface area contributed by atoms with Gasteiger partial charge < -0.3 is 18.5 Å². The summed E-state index contributed by atoms with van der Waals surface area (Å²) in [5, 5.41) is 14.7. The fourth-order valence-corrected chi connectivity index (χ4v) is 5.11. The number of rotatable bonds is 8. The molecule has 6 rings (SSSR count). The van der Waals surface area contributed by atoms with Crippen molar-refractivity contribution in [3.63, 3.8) is 0 Å². The van der Waals surface area contributed by atoms with Gasteiger partial charge in [0, 0.05) is 34.1 Å². The van der Waals surface area contributed by atoms with Crippen LogP contribution >= 0.6 is 11.6 Å². The average molecular weight is 613 g/mol. The van der Waals surface area contributed by atoms with E-state index in [4.69, 9.17) is 25.5 Å². The summed E-state index contributed by atoms with van der Waals surface area (Å²) in [7, 11) is 0. The molecule has 1 N–H and O–H groups in total. The first-order chi connectivity index (χ1) is 20.6. The highest BCUT2D eigenvalue weighted by Gasteiger charge is 2.40. The number of halogens is 4. The Morgan fingerprint density at radius 2 is 1.88 bits per heavy atom. The van der Waals surface area contributed by atoms with Crippen molar-refractivity contribution in [3.8, 4) is 28.9 Å². The first kappa shape index (κ1) is 28.6. The molecule has 1 unspecified atom stereocenters. The Balaban J connectivity index is 1.28. The molecule has 0 radical (unpaired) electrons. The molecule has 0 saturated carbocycles. The summed E-state index contributed by atoms with van der Waals surface area (Å²) in [6.45, 7) is 4.60. The molecule has 1 aliphatic rings. The summed E-state index contributed by atoms with van der Waals surface area (Å²) in [6, 6.07) is 10.6. The van der Waals surface area contributed by atoms with E-state index in [9.17, 15) is 9.18 Å². The SMILES string of the molecule is CC1(C)COCC1n1c(Cc2cc(F)c(-c3cccc(OCc4ccc(Cl)cc4F)n3)cc2F)nnc1-c1n[nH]c(=O)o1. The Bertz CT molecular complexity index is 1870. The number of ether oxygens (including phenoxy) is 2.